The Morgan fingerprint density at radius 3 is 2.75 bits per heavy atom. The number of hydrogen-bond donors (Lipinski definition) is 1. The van der Waals surface area contributed by atoms with Crippen LogP contribution in [0.25, 0.3) is 0 Å². The van der Waals surface area contributed by atoms with Crippen LogP contribution in [0.4, 0.5) is 4.79 Å². The summed E-state index contributed by atoms with van der Waals surface area (Å²) < 4.78 is 6.75. The maximum absolute atomic E-state index is 12.7. The zero-order valence-electron chi connectivity index (χ0n) is 14.0. The van der Waals surface area contributed by atoms with Crippen molar-refractivity contribution in [3.05, 3.63) is 5.82 Å². The van der Waals surface area contributed by atoms with E-state index < -0.39 is 0 Å². The first-order chi connectivity index (χ1) is 11.7. The van der Waals surface area contributed by atoms with Crippen molar-refractivity contribution >= 4 is 12.0 Å². The molecule has 9 nitrogen and oxygen atoms in total. The number of carbonyl (C=O) groups is 2. The maximum Gasteiger partial charge on any atom is 0.409 e. The number of carbonyl (C=O) groups excluding carboxylic acids is 2. The molecule has 0 bridgehead atoms. The maximum atomic E-state index is 12.7. The number of tetrazole rings is 1. The fraction of sp³-hybridized carbons (Fsp3) is 0.800. The second kappa shape index (κ2) is 7.59. The number of ether oxygens (including phenoxy) is 1. The van der Waals surface area contributed by atoms with E-state index in [0.717, 1.165) is 38.6 Å². The summed E-state index contributed by atoms with van der Waals surface area (Å²) in [5, 5.41) is 14.8. The van der Waals surface area contributed by atoms with Gasteiger partial charge in [-0.1, -0.05) is 6.42 Å². The Hall–Kier alpha value is -2.19. The topological polar surface area (TPSA) is 102 Å². The standard InChI is InChI=1S/C15H24N6O3/c1-2-24-15(23)20-9-6-11(7-10-20)16-14(22)12-5-3-4-8-21-13(12)17-18-19-21/h11-12H,2-10H2,1H3,(H,16,22)/t12-/m1/s1. The molecule has 2 aliphatic rings. The Kier molecular flexibility index (Phi) is 5.27. The first-order valence-corrected chi connectivity index (χ1v) is 8.67. The van der Waals surface area contributed by atoms with Crippen molar-refractivity contribution in [3.8, 4) is 0 Å². The number of nitrogens with one attached hydrogen (secondary N) is 1. The minimum atomic E-state index is -0.286. The minimum Gasteiger partial charge on any atom is -0.450 e. The second-order valence-electron chi connectivity index (χ2n) is 6.28. The molecule has 1 aromatic rings. The van der Waals surface area contributed by atoms with Crippen molar-refractivity contribution < 1.29 is 14.3 Å². The summed E-state index contributed by atoms with van der Waals surface area (Å²) in [5.74, 6) is 0.363. The van der Waals surface area contributed by atoms with E-state index in [1.807, 2.05) is 0 Å². The molecule has 0 saturated carbocycles. The van der Waals surface area contributed by atoms with Crippen LogP contribution in [0, 0.1) is 0 Å². The van der Waals surface area contributed by atoms with Crippen molar-refractivity contribution in [1.29, 1.82) is 0 Å². The first kappa shape index (κ1) is 16.7. The van der Waals surface area contributed by atoms with E-state index in [4.69, 9.17) is 4.74 Å². The van der Waals surface area contributed by atoms with Gasteiger partial charge in [0.2, 0.25) is 5.91 Å². The molecule has 0 unspecified atom stereocenters. The Morgan fingerprint density at radius 2 is 2.00 bits per heavy atom. The Balaban J connectivity index is 1.54. The van der Waals surface area contributed by atoms with Crippen LogP contribution in [0.5, 0.6) is 0 Å². The average Bonchev–Trinajstić information content (AvgIpc) is 2.95. The van der Waals surface area contributed by atoms with E-state index in [-0.39, 0.29) is 24.0 Å². The number of rotatable bonds is 3. The zero-order chi connectivity index (χ0) is 16.9. The minimum absolute atomic E-state index is 0.0115. The molecule has 1 atom stereocenters. The first-order valence-electron chi connectivity index (χ1n) is 8.67. The summed E-state index contributed by atoms with van der Waals surface area (Å²) >= 11 is 0. The van der Waals surface area contributed by atoms with E-state index in [9.17, 15) is 9.59 Å². The molecule has 9 heteroatoms. The lowest BCUT2D eigenvalue weighted by Gasteiger charge is -2.32. The van der Waals surface area contributed by atoms with Crippen molar-refractivity contribution in [2.45, 2.75) is 57.5 Å². The van der Waals surface area contributed by atoms with Gasteiger partial charge in [0.05, 0.1) is 12.5 Å². The van der Waals surface area contributed by atoms with Gasteiger partial charge >= 0.3 is 6.09 Å². The van der Waals surface area contributed by atoms with Crippen LogP contribution in [0.15, 0.2) is 0 Å². The Bertz CT molecular complexity index is 582. The van der Waals surface area contributed by atoms with E-state index in [1.54, 1.807) is 16.5 Å². The number of aromatic nitrogens is 4. The van der Waals surface area contributed by atoms with Gasteiger partial charge < -0.3 is 15.0 Å². The summed E-state index contributed by atoms with van der Waals surface area (Å²) in [6, 6.07) is 0.0794. The van der Waals surface area contributed by atoms with Gasteiger partial charge in [-0.3, -0.25) is 4.79 Å². The quantitative estimate of drug-likeness (QED) is 0.871. The molecule has 1 saturated heterocycles. The number of amides is 2. The van der Waals surface area contributed by atoms with Gasteiger partial charge in [-0.05, 0) is 43.0 Å². The van der Waals surface area contributed by atoms with Crippen LogP contribution in [0.2, 0.25) is 0 Å². The molecule has 3 heterocycles. The summed E-state index contributed by atoms with van der Waals surface area (Å²) in [4.78, 5) is 26.1. The average molecular weight is 336 g/mol. The van der Waals surface area contributed by atoms with Crippen molar-refractivity contribution in [3.63, 3.8) is 0 Å². The monoisotopic (exact) mass is 336 g/mol. The molecule has 3 rings (SSSR count). The highest BCUT2D eigenvalue weighted by Gasteiger charge is 2.31. The summed E-state index contributed by atoms with van der Waals surface area (Å²) in [6.07, 6.45) is 3.94. The molecule has 0 aliphatic carbocycles. The number of fused-ring (bicyclic) bond motifs is 1. The summed E-state index contributed by atoms with van der Waals surface area (Å²) in [5.41, 5.74) is 0. The number of hydrogen-bond acceptors (Lipinski definition) is 6. The van der Waals surface area contributed by atoms with E-state index in [0.29, 0.717) is 25.5 Å². The van der Waals surface area contributed by atoms with Gasteiger partial charge in [-0.25, -0.2) is 9.48 Å². The molecule has 0 aromatic carbocycles. The third-order valence-corrected chi connectivity index (χ3v) is 4.67. The molecule has 0 radical (unpaired) electrons. The van der Waals surface area contributed by atoms with Crippen molar-refractivity contribution in [1.82, 2.24) is 30.4 Å². The molecule has 2 aliphatic heterocycles. The Morgan fingerprint density at radius 1 is 1.21 bits per heavy atom. The van der Waals surface area contributed by atoms with Crippen LogP contribution in [0.1, 0.15) is 50.8 Å². The zero-order valence-corrected chi connectivity index (χ0v) is 14.0. The normalized spacial score (nSPS) is 21.7. The highest BCUT2D eigenvalue weighted by molar-refractivity contribution is 5.83. The van der Waals surface area contributed by atoms with Crippen LogP contribution >= 0.6 is 0 Å². The molecule has 2 amide bonds. The fourth-order valence-corrected chi connectivity index (χ4v) is 3.33. The number of piperidine rings is 1. The predicted molar refractivity (Wildman–Crippen MR) is 84.2 cm³/mol. The van der Waals surface area contributed by atoms with Crippen molar-refractivity contribution in [2.75, 3.05) is 19.7 Å². The second-order valence-corrected chi connectivity index (χ2v) is 6.28. The Labute approximate surface area is 140 Å². The SMILES string of the molecule is CCOC(=O)N1CCC(NC(=O)[C@@H]2CCCCn3nnnc32)CC1. The number of aryl methyl sites for hydroxylation is 1. The van der Waals surface area contributed by atoms with Gasteiger partial charge in [0, 0.05) is 25.7 Å². The van der Waals surface area contributed by atoms with Gasteiger partial charge in [0.1, 0.15) is 0 Å². The molecular formula is C15H24N6O3. The molecule has 1 fully saturated rings. The van der Waals surface area contributed by atoms with Gasteiger partial charge in [0.25, 0.3) is 0 Å². The molecule has 0 spiro atoms. The summed E-state index contributed by atoms with van der Waals surface area (Å²) in [6.45, 7) is 4.15. The predicted octanol–water partition coefficient (Wildman–Crippen LogP) is 0.678. The number of nitrogens with zero attached hydrogens (tertiary/aromatic N) is 5. The van der Waals surface area contributed by atoms with Crippen LogP contribution in [-0.2, 0) is 16.1 Å². The van der Waals surface area contributed by atoms with Gasteiger partial charge in [-0.15, -0.1) is 5.10 Å². The van der Waals surface area contributed by atoms with E-state index in [1.165, 1.54) is 0 Å². The number of likely N-dealkylation sites (tertiary alicyclic amines) is 1. The van der Waals surface area contributed by atoms with Gasteiger partial charge in [-0.2, -0.15) is 0 Å². The molecule has 24 heavy (non-hydrogen) atoms. The van der Waals surface area contributed by atoms with Crippen LogP contribution < -0.4 is 5.32 Å². The van der Waals surface area contributed by atoms with Gasteiger partial charge in [0.15, 0.2) is 5.82 Å². The van der Waals surface area contributed by atoms with Crippen LogP contribution in [-0.4, -0.2) is 62.8 Å². The molecule has 1 N–H and O–H groups in total. The van der Waals surface area contributed by atoms with E-state index >= 15 is 0 Å². The summed E-state index contributed by atoms with van der Waals surface area (Å²) in [7, 11) is 0. The lowest BCUT2D eigenvalue weighted by molar-refractivity contribution is -0.123. The lowest BCUT2D eigenvalue weighted by atomic mass is 9.99. The third-order valence-electron chi connectivity index (χ3n) is 4.67. The molecule has 132 valence electrons. The van der Waals surface area contributed by atoms with E-state index in [2.05, 4.69) is 20.8 Å². The highest BCUT2D eigenvalue weighted by Crippen LogP contribution is 2.24. The molecular weight excluding hydrogens is 312 g/mol. The largest absolute Gasteiger partial charge is 0.450 e. The third kappa shape index (κ3) is 3.65. The van der Waals surface area contributed by atoms with Crippen LogP contribution in [0.3, 0.4) is 0 Å². The molecule has 1 aromatic heterocycles. The lowest BCUT2D eigenvalue weighted by Crippen LogP contribution is -2.47. The smallest absolute Gasteiger partial charge is 0.409 e. The fourth-order valence-electron chi connectivity index (χ4n) is 3.33. The van der Waals surface area contributed by atoms with Crippen molar-refractivity contribution in [2.24, 2.45) is 0 Å². The highest BCUT2D eigenvalue weighted by atomic mass is 16.6.